The molecule has 6 heteroatoms. The smallest absolute Gasteiger partial charge is 0.355 e. The van der Waals surface area contributed by atoms with Crippen LogP contribution in [-0.4, -0.2) is 46.8 Å². The fourth-order valence-electron chi connectivity index (χ4n) is 3.05. The Morgan fingerprint density at radius 2 is 1.84 bits per heavy atom. The van der Waals surface area contributed by atoms with Gasteiger partial charge in [0.2, 0.25) is 5.91 Å². The number of amides is 1. The predicted molar refractivity (Wildman–Crippen MR) is 96.9 cm³/mol. The first kappa shape index (κ1) is 20.7. The van der Waals surface area contributed by atoms with Crippen LogP contribution in [0.25, 0.3) is 0 Å². The molecule has 0 fully saturated rings. The first-order valence-corrected chi connectivity index (χ1v) is 8.62. The van der Waals surface area contributed by atoms with Crippen LogP contribution in [0.15, 0.2) is 12.7 Å². The Hall–Kier alpha value is -2.37. The molecule has 1 rings (SSSR count). The van der Waals surface area contributed by atoms with Crippen LogP contribution in [0.2, 0.25) is 0 Å². The Bertz CT molecular complexity index is 673. The minimum atomic E-state index is -0.434. The molecule has 0 unspecified atom stereocenters. The highest BCUT2D eigenvalue weighted by molar-refractivity contribution is 6.04. The molecule has 0 saturated carbocycles. The molecule has 0 atom stereocenters. The van der Waals surface area contributed by atoms with E-state index in [1.165, 1.54) is 4.90 Å². The van der Waals surface area contributed by atoms with E-state index in [0.717, 1.165) is 5.69 Å². The number of carbonyl (C=O) groups is 3. The van der Waals surface area contributed by atoms with Crippen LogP contribution in [-0.2, 0) is 16.1 Å². The van der Waals surface area contributed by atoms with E-state index in [-0.39, 0.29) is 24.8 Å². The highest BCUT2D eigenvalue weighted by atomic mass is 16.5. The molecule has 6 nitrogen and oxygen atoms in total. The van der Waals surface area contributed by atoms with Crippen molar-refractivity contribution in [1.29, 1.82) is 0 Å². The number of rotatable bonds is 9. The SMILES string of the molecule is C=CCN(CC(=O)c1c(C)c(C(=O)OCC)n(CC)c1C)C(=O)CC. The molecule has 138 valence electrons. The van der Waals surface area contributed by atoms with Crippen LogP contribution < -0.4 is 0 Å². The van der Waals surface area contributed by atoms with Crippen molar-refractivity contribution in [3.63, 3.8) is 0 Å². The molecule has 0 radical (unpaired) electrons. The minimum Gasteiger partial charge on any atom is -0.461 e. The van der Waals surface area contributed by atoms with Crippen molar-refractivity contribution in [3.05, 3.63) is 35.2 Å². The van der Waals surface area contributed by atoms with Gasteiger partial charge in [-0.2, -0.15) is 0 Å². The summed E-state index contributed by atoms with van der Waals surface area (Å²) >= 11 is 0. The maximum absolute atomic E-state index is 12.9. The minimum absolute atomic E-state index is 0.0314. The third-order valence-corrected chi connectivity index (χ3v) is 4.17. The molecule has 1 amide bonds. The fourth-order valence-corrected chi connectivity index (χ4v) is 3.05. The molecular weight excluding hydrogens is 320 g/mol. The third-order valence-electron chi connectivity index (χ3n) is 4.17. The van der Waals surface area contributed by atoms with E-state index in [1.807, 2.05) is 13.8 Å². The molecule has 0 saturated heterocycles. The molecule has 1 aromatic heterocycles. The average Bonchev–Trinajstić information content (AvgIpc) is 2.83. The number of esters is 1. The van der Waals surface area contributed by atoms with Gasteiger partial charge in [-0.15, -0.1) is 6.58 Å². The van der Waals surface area contributed by atoms with Crippen LogP contribution in [0.4, 0.5) is 0 Å². The summed E-state index contributed by atoms with van der Waals surface area (Å²) < 4.78 is 6.92. The van der Waals surface area contributed by atoms with Crippen LogP contribution in [0.1, 0.15) is 59.3 Å². The van der Waals surface area contributed by atoms with Crippen molar-refractivity contribution in [2.75, 3.05) is 19.7 Å². The summed E-state index contributed by atoms with van der Waals surface area (Å²) in [5.74, 6) is -0.725. The summed E-state index contributed by atoms with van der Waals surface area (Å²) in [4.78, 5) is 38.6. The van der Waals surface area contributed by atoms with E-state index < -0.39 is 5.97 Å². The Kier molecular flexibility index (Phi) is 7.61. The lowest BCUT2D eigenvalue weighted by Crippen LogP contribution is -2.35. The Labute approximate surface area is 149 Å². The van der Waals surface area contributed by atoms with Gasteiger partial charge in [0.25, 0.3) is 0 Å². The Morgan fingerprint density at radius 1 is 1.20 bits per heavy atom. The molecule has 0 spiro atoms. The van der Waals surface area contributed by atoms with Gasteiger partial charge in [0.1, 0.15) is 5.69 Å². The van der Waals surface area contributed by atoms with Crippen molar-refractivity contribution in [1.82, 2.24) is 9.47 Å². The monoisotopic (exact) mass is 348 g/mol. The summed E-state index contributed by atoms with van der Waals surface area (Å²) in [5.41, 5.74) is 2.21. The van der Waals surface area contributed by atoms with Gasteiger partial charge in [0.05, 0.1) is 13.2 Å². The molecule has 0 N–H and O–H groups in total. The van der Waals surface area contributed by atoms with Crippen LogP contribution in [0.3, 0.4) is 0 Å². The van der Waals surface area contributed by atoms with E-state index in [9.17, 15) is 14.4 Å². The van der Waals surface area contributed by atoms with Crippen LogP contribution in [0, 0.1) is 13.8 Å². The van der Waals surface area contributed by atoms with Crippen LogP contribution >= 0.6 is 0 Å². The molecule has 1 aromatic rings. The van der Waals surface area contributed by atoms with E-state index in [4.69, 9.17) is 4.74 Å². The molecule has 0 aromatic carbocycles. The quantitative estimate of drug-likeness (QED) is 0.391. The van der Waals surface area contributed by atoms with Gasteiger partial charge in [0.15, 0.2) is 5.78 Å². The maximum atomic E-state index is 12.9. The van der Waals surface area contributed by atoms with Gasteiger partial charge < -0.3 is 14.2 Å². The Balaban J connectivity index is 3.28. The van der Waals surface area contributed by atoms with Gasteiger partial charge in [-0.25, -0.2) is 4.79 Å². The summed E-state index contributed by atoms with van der Waals surface area (Å²) in [6, 6.07) is 0. The zero-order valence-corrected chi connectivity index (χ0v) is 15.8. The molecule has 0 aliphatic heterocycles. The summed E-state index contributed by atoms with van der Waals surface area (Å²) in [6.07, 6.45) is 1.92. The molecule has 1 heterocycles. The zero-order valence-electron chi connectivity index (χ0n) is 15.8. The molecule has 25 heavy (non-hydrogen) atoms. The second-order valence-electron chi connectivity index (χ2n) is 5.74. The fraction of sp³-hybridized carbons (Fsp3) is 0.526. The molecular formula is C19H28N2O4. The number of carbonyl (C=O) groups excluding carboxylic acids is 3. The molecule has 0 bridgehead atoms. The van der Waals surface area contributed by atoms with Gasteiger partial charge in [-0.1, -0.05) is 13.0 Å². The normalized spacial score (nSPS) is 10.4. The predicted octanol–water partition coefficient (Wildman–Crippen LogP) is 2.91. The summed E-state index contributed by atoms with van der Waals surface area (Å²) in [5, 5.41) is 0. The maximum Gasteiger partial charge on any atom is 0.355 e. The molecule has 0 aliphatic rings. The first-order chi connectivity index (χ1) is 11.8. The highest BCUT2D eigenvalue weighted by Gasteiger charge is 2.27. The van der Waals surface area contributed by atoms with Gasteiger partial charge in [-0.3, -0.25) is 9.59 Å². The van der Waals surface area contributed by atoms with Crippen molar-refractivity contribution < 1.29 is 19.1 Å². The van der Waals surface area contributed by atoms with E-state index in [2.05, 4.69) is 6.58 Å². The van der Waals surface area contributed by atoms with E-state index in [0.29, 0.717) is 36.3 Å². The number of ether oxygens (including phenoxy) is 1. The number of hydrogen-bond acceptors (Lipinski definition) is 4. The largest absolute Gasteiger partial charge is 0.461 e. The zero-order chi connectivity index (χ0) is 19.1. The number of nitrogens with zero attached hydrogens (tertiary/aromatic N) is 2. The first-order valence-electron chi connectivity index (χ1n) is 8.62. The second kappa shape index (κ2) is 9.20. The lowest BCUT2D eigenvalue weighted by atomic mass is 10.0. The number of aromatic nitrogens is 1. The third kappa shape index (κ3) is 4.38. The number of hydrogen-bond donors (Lipinski definition) is 0. The topological polar surface area (TPSA) is 68.6 Å². The van der Waals surface area contributed by atoms with Gasteiger partial charge in [-0.05, 0) is 33.3 Å². The summed E-state index contributed by atoms with van der Waals surface area (Å²) in [7, 11) is 0. The number of ketones is 1. The lowest BCUT2D eigenvalue weighted by molar-refractivity contribution is -0.129. The molecule has 0 aliphatic carbocycles. The average molecular weight is 348 g/mol. The lowest BCUT2D eigenvalue weighted by Gasteiger charge is -2.19. The van der Waals surface area contributed by atoms with Crippen molar-refractivity contribution in [2.45, 2.75) is 47.6 Å². The van der Waals surface area contributed by atoms with E-state index in [1.54, 1.807) is 31.4 Å². The number of Topliss-reactive ketones (excluding diaryl/α,β-unsaturated/α-hetero) is 1. The Morgan fingerprint density at radius 3 is 2.32 bits per heavy atom. The standard InChI is InChI=1S/C19H28N2O4/c1-7-11-20(16(23)8-2)12-15(22)17-13(5)18(19(24)25-10-4)21(9-3)14(17)6/h7H,1,8-12H2,2-6H3. The van der Waals surface area contributed by atoms with Crippen molar-refractivity contribution in [3.8, 4) is 0 Å². The van der Waals surface area contributed by atoms with Crippen molar-refractivity contribution in [2.24, 2.45) is 0 Å². The van der Waals surface area contributed by atoms with Crippen LogP contribution in [0.5, 0.6) is 0 Å². The summed E-state index contributed by atoms with van der Waals surface area (Å²) in [6.45, 7) is 13.7. The van der Waals surface area contributed by atoms with Gasteiger partial charge >= 0.3 is 5.97 Å². The van der Waals surface area contributed by atoms with Gasteiger partial charge in [0, 0.05) is 30.8 Å². The van der Waals surface area contributed by atoms with E-state index >= 15 is 0 Å². The van der Waals surface area contributed by atoms with Crippen molar-refractivity contribution >= 4 is 17.7 Å². The second-order valence-corrected chi connectivity index (χ2v) is 5.74. The highest BCUT2D eigenvalue weighted by Crippen LogP contribution is 2.24.